The van der Waals surface area contributed by atoms with Gasteiger partial charge in [-0.25, -0.2) is 9.97 Å². The summed E-state index contributed by atoms with van der Waals surface area (Å²) in [5, 5.41) is 4.61. The van der Waals surface area contributed by atoms with Gasteiger partial charge in [-0.3, -0.25) is 0 Å². The summed E-state index contributed by atoms with van der Waals surface area (Å²) >= 11 is 1.83. The molecule has 5 heteroatoms. The van der Waals surface area contributed by atoms with Gasteiger partial charge in [0.15, 0.2) is 0 Å². The molecule has 0 radical (unpaired) electrons. The fourth-order valence-electron chi connectivity index (χ4n) is 7.01. The summed E-state index contributed by atoms with van der Waals surface area (Å²) in [5.74, 6) is 0. The summed E-state index contributed by atoms with van der Waals surface area (Å²) in [6, 6.07) is 57.1. The van der Waals surface area contributed by atoms with Gasteiger partial charge in [-0.05, 0) is 66.7 Å². The number of hydrogen-bond acceptors (Lipinski definition) is 5. The van der Waals surface area contributed by atoms with Gasteiger partial charge in [0.2, 0.25) is 0 Å². The average molecular weight is 646 g/mol. The van der Waals surface area contributed by atoms with E-state index in [0.717, 1.165) is 72.5 Å². The summed E-state index contributed by atoms with van der Waals surface area (Å²) < 4.78 is 9.23. The zero-order chi connectivity index (χ0) is 32.3. The molecular formula is C44H27N3OS. The molecule has 10 aromatic rings. The maximum Gasteiger partial charge on any atom is 0.137 e. The first-order valence-electron chi connectivity index (χ1n) is 16.3. The lowest BCUT2D eigenvalue weighted by molar-refractivity contribution is 0.669. The van der Waals surface area contributed by atoms with Crippen LogP contribution in [0.5, 0.6) is 0 Å². The Morgan fingerprint density at radius 2 is 1.12 bits per heavy atom. The van der Waals surface area contributed by atoms with Crippen LogP contribution in [0.1, 0.15) is 0 Å². The topological polar surface area (TPSA) is 42.2 Å². The molecule has 0 N–H and O–H groups in total. The lowest BCUT2D eigenvalue weighted by Gasteiger charge is -2.25. The third-order valence-electron chi connectivity index (χ3n) is 9.24. The Hall–Kier alpha value is -6.30. The zero-order valence-corrected chi connectivity index (χ0v) is 27.1. The minimum Gasteiger partial charge on any atom is -0.456 e. The highest BCUT2D eigenvalue weighted by Crippen LogP contribution is 2.44. The van der Waals surface area contributed by atoms with Crippen LogP contribution in [0.15, 0.2) is 168 Å². The van der Waals surface area contributed by atoms with Crippen molar-refractivity contribution < 1.29 is 4.42 Å². The molecule has 0 bridgehead atoms. The molecule has 0 atom stereocenters. The number of nitrogens with zero attached hydrogens (tertiary/aromatic N) is 3. The third-order valence-corrected chi connectivity index (χ3v) is 10.4. The van der Waals surface area contributed by atoms with E-state index in [9.17, 15) is 0 Å². The number of rotatable bonds is 5. The molecule has 4 nitrogen and oxygen atoms in total. The predicted molar refractivity (Wildman–Crippen MR) is 205 cm³/mol. The minimum absolute atomic E-state index is 0.816. The van der Waals surface area contributed by atoms with Gasteiger partial charge in [-0.15, -0.1) is 11.3 Å². The van der Waals surface area contributed by atoms with Crippen molar-refractivity contribution >= 4 is 81.5 Å². The van der Waals surface area contributed by atoms with Gasteiger partial charge in [0.1, 0.15) is 11.2 Å². The van der Waals surface area contributed by atoms with E-state index in [-0.39, 0.29) is 0 Å². The number of anilines is 3. The molecule has 0 amide bonds. The van der Waals surface area contributed by atoms with Crippen LogP contribution in [0.4, 0.5) is 17.1 Å². The Bertz CT molecular complexity index is 2840. The second-order valence-corrected chi connectivity index (χ2v) is 13.3. The van der Waals surface area contributed by atoms with Gasteiger partial charge in [0.25, 0.3) is 0 Å². The van der Waals surface area contributed by atoms with E-state index in [2.05, 4.69) is 114 Å². The molecule has 7 aromatic carbocycles. The van der Waals surface area contributed by atoms with Crippen molar-refractivity contribution in [3.8, 4) is 22.5 Å². The number of hydrogen-bond donors (Lipinski definition) is 0. The first-order valence-corrected chi connectivity index (χ1v) is 17.1. The van der Waals surface area contributed by atoms with Crippen molar-refractivity contribution in [2.24, 2.45) is 0 Å². The summed E-state index contributed by atoms with van der Waals surface area (Å²) in [7, 11) is 0. The molecular weight excluding hydrogens is 619 g/mol. The lowest BCUT2D eigenvalue weighted by atomic mass is 9.98. The molecule has 0 saturated carbocycles. The Labute approximate surface area is 286 Å². The van der Waals surface area contributed by atoms with Crippen LogP contribution in [-0.4, -0.2) is 9.97 Å². The standard InChI is InChI=1S/C44H27N3OS/c1-3-12-28(13-4-1)43-44(46-37-19-9-8-18-36(37)45-43)34-17-11-20-38-42(34)33-24-22-31(27-39(33)48-38)47(29-14-5-2-6-15-29)30-23-25-41-35(26-30)32-16-7-10-21-40(32)49-41/h1-27H. The maximum atomic E-state index is 6.65. The van der Waals surface area contributed by atoms with Gasteiger partial charge in [0.05, 0.1) is 22.4 Å². The van der Waals surface area contributed by atoms with Gasteiger partial charge in [-0.1, -0.05) is 91.0 Å². The van der Waals surface area contributed by atoms with Crippen molar-refractivity contribution in [3.05, 3.63) is 164 Å². The molecule has 49 heavy (non-hydrogen) atoms. The number of benzene rings is 7. The monoisotopic (exact) mass is 645 g/mol. The van der Waals surface area contributed by atoms with Gasteiger partial charge in [-0.2, -0.15) is 0 Å². The Balaban J connectivity index is 1.17. The quantitative estimate of drug-likeness (QED) is 0.187. The second-order valence-electron chi connectivity index (χ2n) is 12.2. The van der Waals surface area contributed by atoms with E-state index in [0.29, 0.717) is 0 Å². The molecule has 0 aliphatic heterocycles. The molecule has 3 aromatic heterocycles. The number of fused-ring (bicyclic) bond motifs is 7. The number of para-hydroxylation sites is 3. The fraction of sp³-hybridized carbons (Fsp3) is 0. The highest BCUT2D eigenvalue weighted by molar-refractivity contribution is 7.25. The van der Waals surface area contributed by atoms with Crippen LogP contribution in [0.3, 0.4) is 0 Å². The zero-order valence-electron chi connectivity index (χ0n) is 26.2. The van der Waals surface area contributed by atoms with Gasteiger partial charge < -0.3 is 9.32 Å². The number of aromatic nitrogens is 2. The van der Waals surface area contributed by atoms with E-state index in [1.165, 1.54) is 20.2 Å². The normalized spacial score (nSPS) is 11.7. The highest BCUT2D eigenvalue weighted by Gasteiger charge is 2.21. The SMILES string of the molecule is c1ccc(-c2nc3ccccc3nc2-c2cccc3oc4cc(N(c5ccccc5)c5ccc6sc7ccccc7c6c5)ccc4c23)cc1. The lowest BCUT2D eigenvalue weighted by Crippen LogP contribution is -2.09. The Morgan fingerprint density at radius 3 is 1.96 bits per heavy atom. The van der Waals surface area contributed by atoms with Gasteiger partial charge >= 0.3 is 0 Å². The predicted octanol–water partition coefficient (Wildman–Crippen LogP) is 12.7. The van der Waals surface area contributed by atoms with Crippen molar-refractivity contribution in [2.45, 2.75) is 0 Å². The molecule has 0 aliphatic carbocycles. The maximum absolute atomic E-state index is 6.65. The van der Waals surface area contributed by atoms with Crippen molar-refractivity contribution in [3.63, 3.8) is 0 Å². The van der Waals surface area contributed by atoms with Crippen LogP contribution in [-0.2, 0) is 0 Å². The van der Waals surface area contributed by atoms with Crippen LogP contribution in [0.25, 0.3) is 75.7 Å². The van der Waals surface area contributed by atoms with Crippen molar-refractivity contribution in [1.29, 1.82) is 0 Å². The number of furan rings is 1. The average Bonchev–Trinajstić information content (AvgIpc) is 3.73. The summed E-state index contributed by atoms with van der Waals surface area (Å²) in [6.45, 7) is 0. The minimum atomic E-state index is 0.816. The molecule has 0 fully saturated rings. The highest BCUT2D eigenvalue weighted by atomic mass is 32.1. The molecule has 0 saturated heterocycles. The summed E-state index contributed by atoms with van der Waals surface area (Å²) in [5.41, 5.74) is 10.3. The molecule has 0 spiro atoms. The smallest absolute Gasteiger partial charge is 0.137 e. The van der Waals surface area contributed by atoms with E-state index >= 15 is 0 Å². The van der Waals surface area contributed by atoms with Gasteiger partial charge in [0, 0.05) is 65.2 Å². The largest absolute Gasteiger partial charge is 0.456 e. The van der Waals surface area contributed by atoms with E-state index < -0.39 is 0 Å². The first kappa shape index (κ1) is 27.8. The Morgan fingerprint density at radius 1 is 0.449 bits per heavy atom. The molecule has 0 aliphatic rings. The van der Waals surface area contributed by atoms with Crippen LogP contribution in [0.2, 0.25) is 0 Å². The molecule has 10 rings (SSSR count). The summed E-state index contributed by atoms with van der Waals surface area (Å²) in [6.07, 6.45) is 0. The van der Waals surface area contributed by atoms with Crippen LogP contribution in [0, 0.1) is 0 Å². The third kappa shape index (κ3) is 4.59. The fourth-order valence-corrected chi connectivity index (χ4v) is 8.10. The Kier molecular flexibility index (Phi) is 6.32. The summed E-state index contributed by atoms with van der Waals surface area (Å²) in [4.78, 5) is 12.7. The molecule has 3 heterocycles. The molecule has 230 valence electrons. The van der Waals surface area contributed by atoms with Crippen LogP contribution < -0.4 is 4.90 Å². The first-order chi connectivity index (χ1) is 24.3. The van der Waals surface area contributed by atoms with Crippen LogP contribution >= 0.6 is 11.3 Å². The molecule has 0 unspecified atom stereocenters. The van der Waals surface area contributed by atoms with E-state index in [1.807, 2.05) is 65.9 Å². The van der Waals surface area contributed by atoms with Crippen molar-refractivity contribution in [1.82, 2.24) is 9.97 Å². The van der Waals surface area contributed by atoms with Crippen molar-refractivity contribution in [2.75, 3.05) is 4.90 Å². The second kappa shape index (κ2) is 11.2. The number of thiophene rings is 1. The van der Waals surface area contributed by atoms with E-state index in [4.69, 9.17) is 14.4 Å². The van der Waals surface area contributed by atoms with E-state index in [1.54, 1.807) is 0 Å².